The van der Waals surface area contributed by atoms with Gasteiger partial charge in [0.2, 0.25) is 0 Å². The Labute approximate surface area is 138 Å². The summed E-state index contributed by atoms with van der Waals surface area (Å²) in [6.07, 6.45) is 2.08. The van der Waals surface area contributed by atoms with Crippen LogP contribution in [0.2, 0.25) is 15.1 Å². The average molecular weight is 343 g/mol. The molecule has 0 radical (unpaired) electrons. The Morgan fingerprint density at radius 2 is 1.67 bits per heavy atom. The molecule has 2 nitrogen and oxygen atoms in total. The Bertz CT molecular complexity index is 645. The lowest BCUT2D eigenvalue weighted by molar-refractivity contribution is 0.374. The van der Waals surface area contributed by atoms with Crippen molar-refractivity contribution in [2.24, 2.45) is 0 Å². The topological polar surface area (TPSA) is 32.3 Å². The predicted molar refractivity (Wildman–Crippen MR) is 89.0 cm³/mol. The van der Waals surface area contributed by atoms with Gasteiger partial charge in [-0.1, -0.05) is 46.9 Å². The van der Waals surface area contributed by atoms with Gasteiger partial charge in [0.05, 0.1) is 10.0 Å². The molecule has 21 heavy (non-hydrogen) atoms. The van der Waals surface area contributed by atoms with Crippen LogP contribution < -0.4 is 5.32 Å². The van der Waals surface area contributed by atoms with Crippen LogP contribution in [-0.2, 0) is 0 Å². The van der Waals surface area contributed by atoms with Crippen LogP contribution in [0.25, 0.3) is 0 Å². The lowest BCUT2D eigenvalue weighted by Crippen LogP contribution is -2.33. The van der Waals surface area contributed by atoms with Gasteiger partial charge in [-0.15, -0.1) is 0 Å². The van der Waals surface area contributed by atoms with Crippen molar-refractivity contribution in [2.45, 2.75) is 24.8 Å². The van der Waals surface area contributed by atoms with E-state index in [9.17, 15) is 5.11 Å². The van der Waals surface area contributed by atoms with Crippen LogP contribution in [0.3, 0.4) is 0 Å². The molecule has 5 heteroatoms. The highest BCUT2D eigenvalue weighted by atomic mass is 35.5. The molecule has 1 fully saturated rings. The third kappa shape index (κ3) is 3.23. The second kappa shape index (κ2) is 5.96. The molecule has 0 bridgehead atoms. The molecule has 1 saturated carbocycles. The minimum Gasteiger partial charge on any atom is -0.505 e. The van der Waals surface area contributed by atoms with Crippen molar-refractivity contribution in [3.05, 3.63) is 57.0 Å². The summed E-state index contributed by atoms with van der Waals surface area (Å²) in [6.45, 7) is 0. The number of phenolic OH excluding ortho intramolecular Hbond substituents is 1. The zero-order valence-electron chi connectivity index (χ0n) is 11.1. The molecule has 2 N–H and O–H groups in total. The summed E-state index contributed by atoms with van der Waals surface area (Å²) in [4.78, 5) is 0. The molecule has 2 aromatic carbocycles. The third-order valence-electron chi connectivity index (χ3n) is 3.85. The van der Waals surface area contributed by atoms with E-state index in [0.29, 0.717) is 12.0 Å². The van der Waals surface area contributed by atoms with Crippen LogP contribution in [0.5, 0.6) is 5.75 Å². The van der Waals surface area contributed by atoms with Gasteiger partial charge in [0, 0.05) is 16.8 Å². The van der Waals surface area contributed by atoms with Gasteiger partial charge < -0.3 is 10.4 Å². The molecule has 110 valence electrons. The van der Waals surface area contributed by atoms with Crippen molar-refractivity contribution in [1.82, 2.24) is 0 Å². The van der Waals surface area contributed by atoms with Crippen molar-refractivity contribution in [2.75, 3.05) is 5.32 Å². The van der Waals surface area contributed by atoms with E-state index in [1.165, 1.54) is 5.56 Å². The molecule has 0 unspecified atom stereocenters. The summed E-state index contributed by atoms with van der Waals surface area (Å²) < 4.78 is 0. The number of aromatic hydroxyl groups is 1. The van der Waals surface area contributed by atoms with Gasteiger partial charge in [0.1, 0.15) is 0 Å². The first-order valence-electron chi connectivity index (χ1n) is 6.73. The average Bonchev–Trinajstić information content (AvgIpc) is 2.39. The highest BCUT2D eigenvalue weighted by Gasteiger charge is 2.30. The number of phenols is 1. The van der Waals surface area contributed by atoms with Crippen molar-refractivity contribution in [3.8, 4) is 5.75 Å². The van der Waals surface area contributed by atoms with E-state index < -0.39 is 0 Å². The summed E-state index contributed by atoms with van der Waals surface area (Å²) in [5.41, 5.74) is 2.11. The standard InChI is InChI=1S/C16H14Cl3NO/c17-11-3-1-2-9(4-11)10-5-12(6-10)20-13-7-14(18)16(21)15(19)8-13/h1-4,7-8,10,12,20-21H,5-6H2. The highest BCUT2D eigenvalue weighted by molar-refractivity contribution is 6.37. The Morgan fingerprint density at radius 3 is 2.29 bits per heavy atom. The van der Waals surface area contributed by atoms with Crippen molar-refractivity contribution in [3.63, 3.8) is 0 Å². The molecule has 0 aliphatic heterocycles. The molecule has 0 amide bonds. The fraction of sp³-hybridized carbons (Fsp3) is 0.250. The SMILES string of the molecule is Oc1c(Cl)cc(NC2CC(c3cccc(Cl)c3)C2)cc1Cl. The Kier molecular flexibility index (Phi) is 4.21. The first-order chi connectivity index (χ1) is 10.0. The van der Waals surface area contributed by atoms with E-state index in [-0.39, 0.29) is 15.8 Å². The van der Waals surface area contributed by atoms with E-state index in [2.05, 4.69) is 11.4 Å². The highest BCUT2D eigenvalue weighted by Crippen LogP contribution is 2.41. The Morgan fingerprint density at radius 1 is 1.00 bits per heavy atom. The molecule has 0 saturated heterocycles. The molecule has 1 aliphatic carbocycles. The zero-order chi connectivity index (χ0) is 15.0. The number of halogens is 3. The van der Waals surface area contributed by atoms with Gasteiger partial charge in [-0.25, -0.2) is 0 Å². The van der Waals surface area contributed by atoms with Crippen molar-refractivity contribution in [1.29, 1.82) is 0 Å². The number of hydrogen-bond donors (Lipinski definition) is 2. The quantitative estimate of drug-likeness (QED) is 0.700. The second-order valence-electron chi connectivity index (χ2n) is 5.35. The molecular weight excluding hydrogens is 329 g/mol. The predicted octanol–water partition coefficient (Wildman–Crippen LogP) is 5.71. The van der Waals surface area contributed by atoms with Crippen LogP contribution >= 0.6 is 34.8 Å². The molecular formula is C16H14Cl3NO. The summed E-state index contributed by atoms with van der Waals surface area (Å²) in [7, 11) is 0. The Balaban J connectivity index is 1.62. The maximum absolute atomic E-state index is 9.55. The van der Waals surface area contributed by atoms with E-state index >= 15 is 0 Å². The van der Waals surface area contributed by atoms with E-state index in [4.69, 9.17) is 34.8 Å². The molecule has 0 aromatic heterocycles. The Hall–Kier alpha value is -1.09. The first-order valence-corrected chi connectivity index (χ1v) is 7.86. The van der Waals surface area contributed by atoms with Gasteiger partial charge in [0.25, 0.3) is 0 Å². The molecule has 0 atom stereocenters. The van der Waals surface area contributed by atoms with Crippen molar-refractivity contribution >= 4 is 40.5 Å². The minimum absolute atomic E-state index is 0.0747. The van der Waals surface area contributed by atoms with E-state index in [0.717, 1.165) is 23.6 Å². The van der Waals surface area contributed by atoms with Crippen LogP contribution in [0.4, 0.5) is 5.69 Å². The van der Waals surface area contributed by atoms with Crippen molar-refractivity contribution < 1.29 is 5.11 Å². The molecule has 1 aliphatic rings. The second-order valence-corrected chi connectivity index (χ2v) is 6.60. The fourth-order valence-electron chi connectivity index (χ4n) is 2.65. The van der Waals surface area contributed by atoms with E-state index in [1.54, 1.807) is 12.1 Å². The van der Waals surface area contributed by atoms with Gasteiger partial charge in [-0.3, -0.25) is 0 Å². The minimum atomic E-state index is -0.0747. The number of rotatable bonds is 3. The largest absolute Gasteiger partial charge is 0.505 e. The van der Waals surface area contributed by atoms with Crippen LogP contribution in [0, 0.1) is 0 Å². The zero-order valence-corrected chi connectivity index (χ0v) is 13.4. The summed E-state index contributed by atoms with van der Waals surface area (Å²) >= 11 is 17.9. The van der Waals surface area contributed by atoms with Crippen LogP contribution in [0.15, 0.2) is 36.4 Å². The number of nitrogens with one attached hydrogen (secondary N) is 1. The smallest absolute Gasteiger partial charge is 0.152 e. The monoisotopic (exact) mass is 341 g/mol. The summed E-state index contributed by atoms with van der Waals surface area (Å²) in [5, 5.41) is 14.2. The van der Waals surface area contributed by atoms with Gasteiger partial charge in [-0.2, -0.15) is 0 Å². The third-order valence-corrected chi connectivity index (χ3v) is 4.66. The van der Waals surface area contributed by atoms with Gasteiger partial charge in [-0.05, 0) is 48.6 Å². The lowest BCUT2D eigenvalue weighted by atomic mass is 9.76. The van der Waals surface area contributed by atoms with Crippen LogP contribution in [-0.4, -0.2) is 11.1 Å². The normalized spacial score (nSPS) is 20.9. The number of anilines is 1. The lowest BCUT2D eigenvalue weighted by Gasteiger charge is -2.37. The van der Waals surface area contributed by atoms with Crippen LogP contribution in [0.1, 0.15) is 24.3 Å². The number of hydrogen-bond acceptors (Lipinski definition) is 2. The fourth-order valence-corrected chi connectivity index (χ4v) is 3.34. The maximum atomic E-state index is 9.55. The van der Waals surface area contributed by atoms with Gasteiger partial charge in [0.15, 0.2) is 5.75 Å². The summed E-state index contributed by atoms with van der Waals surface area (Å²) in [6, 6.07) is 11.8. The molecule has 0 heterocycles. The molecule has 2 aromatic rings. The maximum Gasteiger partial charge on any atom is 0.152 e. The summed E-state index contributed by atoms with van der Waals surface area (Å²) in [5.74, 6) is 0.457. The van der Waals surface area contributed by atoms with Gasteiger partial charge >= 0.3 is 0 Å². The molecule has 3 rings (SSSR count). The number of benzene rings is 2. The first kappa shape index (κ1) is 14.8. The molecule has 0 spiro atoms. The van der Waals surface area contributed by atoms with E-state index in [1.807, 2.05) is 18.2 Å².